The minimum Gasteiger partial charge on any atom is -0.493 e. The molecular weight excluding hydrogens is 450 g/mol. The smallest absolute Gasteiger partial charge is 0.247 e. The zero-order valence-electron chi connectivity index (χ0n) is 20.1. The van der Waals surface area contributed by atoms with Crippen molar-refractivity contribution in [3.63, 3.8) is 0 Å². The summed E-state index contributed by atoms with van der Waals surface area (Å²) in [5, 5.41) is 1.24. The molecule has 0 unspecified atom stereocenters. The summed E-state index contributed by atoms with van der Waals surface area (Å²) < 4.78 is 11.3. The number of aromatic amines is 1. The van der Waals surface area contributed by atoms with Crippen molar-refractivity contribution in [2.45, 2.75) is 18.9 Å². The van der Waals surface area contributed by atoms with Crippen molar-refractivity contribution in [2.75, 3.05) is 26.3 Å². The van der Waals surface area contributed by atoms with E-state index in [0.717, 1.165) is 46.7 Å². The summed E-state index contributed by atoms with van der Waals surface area (Å²) in [6, 6.07) is 22.2. The molecule has 2 aliphatic rings. The maximum absolute atomic E-state index is 13.6. The molecule has 0 saturated carbocycles. The molecule has 1 aromatic heterocycles. The molecule has 0 saturated heterocycles. The third-order valence-electron chi connectivity index (χ3n) is 7.03. The van der Waals surface area contributed by atoms with E-state index in [1.165, 1.54) is 16.5 Å². The molecule has 0 spiro atoms. The number of nitrogens with one attached hydrogen (secondary N) is 1. The van der Waals surface area contributed by atoms with Gasteiger partial charge in [-0.05, 0) is 65.1 Å². The lowest BCUT2D eigenvalue weighted by Gasteiger charge is -2.36. The zero-order chi connectivity index (χ0) is 24.5. The minimum atomic E-state index is -0.184. The normalized spacial score (nSPS) is 16.7. The molecule has 6 nitrogen and oxygen atoms in total. The predicted molar refractivity (Wildman–Crippen MR) is 141 cm³/mol. The Hall–Kier alpha value is -4.03. The quantitative estimate of drug-likeness (QED) is 0.395. The molecule has 6 heteroatoms. The number of rotatable bonds is 6. The van der Waals surface area contributed by atoms with Gasteiger partial charge in [0.25, 0.3) is 0 Å². The highest BCUT2D eigenvalue weighted by Crippen LogP contribution is 2.40. The summed E-state index contributed by atoms with van der Waals surface area (Å²) in [7, 11) is 0. The Morgan fingerprint density at radius 1 is 1.11 bits per heavy atom. The Balaban J connectivity index is 1.33. The van der Waals surface area contributed by atoms with E-state index in [4.69, 9.17) is 15.2 Å². The van der Waals surface area contributed by atoms with E-state index in [-0.39, 0.29) is 11.9 Å². The molecule has 0 fully saturated rings. The minimum absolute atomic E-state index is 0.00971. The molecule has 1 amide bonds. The van der Waals surface area contributed by atoms with Gasteiger partial charge in [0.2, 0.25) is 5.91 Å². The number of fused-ring (bicyclic) bond motifs is 4. The van der Waals surface area contributed by atoms with Crippen molar-refractivity contribution in [1.29, 1.82) is 0 Å². The predicted octanol–water partition coefficient (Wildman–Crippen LogP) is 4.63. The number of carbonyl (C=O) groups is 1. The molecule has 6 rings (SSSR count). The van der Waals surface area contributed by atoms with Crippen LogP contribution in [0.3, 0.4) is 0 Å². The standard InChI is InChI=1S/C30H29N3O3/c31-15-18-35-23-9-5-20(6-10-23)7-12-28(34)33-16-13-25-24-3-1-2-4-26(24)32-29(25)30(33)22-8-11-27-21(19-22)14-17-36-27/h1-12,19,30,32H,13-18,31H2/b12-7+/t30-/m1/s1. The van der Waals surface area contributed by atoms with Gasteiger partial charge in [0.05, 0.1) is 12.6 Å². The second-order valence-corrected chi connectivity index (χ2v) is 9.25. The average molecular weight is 480 g/mol. The van der Waals surface area contributed by atoms with Gasteiger partial charge in [-0.3, -0.25) is 4.79 Å². The number of nitrogens with zero attached hydrogens (tertiary/aromatic N) is 1. The molecule has 0 bridgehead atoms. The van der Waals surface area contributed by atoms with Crippen LogP contribution >= 0.6 is 0 Å². The van der Waals surface area contributed by atoms with Crippen LogP contribution in [-0.4, -0.2) is 42.1 Å². The zero-order valence-corrected chi connectivity index (χ0v) is 20.1. The molecule has 1 atom stereocenters. The molecule has 3 heterocycles. The van der Waals surface area contributed by atoms with Gasteiger partial charge in [0.15, 0.2) is 0 Å². The van der Waals surface area contributed by atoms with Crippen LogP contribution in [0.15, 0.2) is 72.8 Å². The average Bonchev–Trinajstić information content (AvgIpc) is 3.54. The first-order chi connectivity index (χ1) is 17.7. The van der Waals surface area contributed by atoms with E-state index in [9.17, 15) is 4.79 Å². The Bertz CT molecular complexity index is 1440. The second kappa shape index (κ2) is 9.55. The summed E-state index contributed by atoms with van der Waals surface area (Å²) in [5.41, 5.74) is 12.3. The molecule has 36 heavy (non-hydrogen) atoms. The maximum Gasteiger partial charge on any atom is 0.247 e. The lowest BCUT2D eigenvalue weighted by atomic mass is 9.91. The number of H-pyrrole nitrogens is 1. The van der Waals surface area contributed by atoms with E-state index in [2.05, 4.69) is 35.3 Å². The summed E-state index contributed by atoms with van der Waals surface area (Å²) in [4.78, 5) is 19.2. The lowest BCUT2D eigenvalue weighted by molar-refractivity contribution is -0.128. The van der Waals surface area contributed by atoms with Crippen molar-refractivity contribution >= 4 is 22.9 Å². The summed E-state index contributed by atoms with van der Waals surface area (Å²) in [6.07, 6.45) is 5.25. The van der Waals surface area contributed by atoms with Gasteiger partial charge in [-0.1, -0.05) is 36.4 Å². The van der Waals surface area contributed by atoms with Gasteiger partial charge < -0.3 is 25.1 Å². The van der Waals surface area contributed by atoms with Crippen LogP contribution in [0, 0.1) is 0 Å². The van der Waals surface area contributed by atoms with Crippen LogP contribution in [-0.2, 0) is 17.6 Å². The van der Waals surface area contributed by atoms with Gasteiger partial charge >= 0.3 is 0 Å². The van der Waals surface area contributed by atoms with Crippen LogP contribution in [0.4, 0.5) is 0 Å². The fraction of sp³-hybridized carbons (Fsp3) is 0.233. The molecule has 3 N–H and O–H groups in total. The fourth-order valence-corrected chi connectivity index (χ4v) is 5.32. The molecule has 0 aliphatic carbocycles. The van der Waals surface area contributed by atoms with Gasteiger partial charge in [-0.2, -0.15) is 0 Å². The fourth-order valence-electron chi connectivity index (χ4n) is 5.32. The van der Waals surface area contributed by atoms with E-state index in [1.807, 2.05) is 47.4 Å². The Labute approximate surface area is 210 Å². The molecule has 2 aliphatic heterocycles. The van der Waals surface area contributed by atoms with Gasteiger partial charge in [0, 0.05) is 42.2 Å². The van der Waals surface area contributed by atoms with Gasteiger partial charge in [0.1, 0.15) is 18.1 Å². The summed E-state index contributed by atoms with van der Waals surface area (Å²) >= 11 is 0. The van der Waals surface area contributed by atoms with Crippen molar-refractivity contribution in [3.05, 3.63) is 101 Å². The van der Waals surface area contributed by atoms with E-state index in [0.29, 0.717) is 26.3 Å². The molecule has 182 valence electrons. The number of para-hydroxylation sites is 1. The van der Waals surface area contributed by atoms with Crippen LogP contribution in [0.2, 0.25) is 0 Å². The maximum atomic E-state index is 13.6. The Morgan fingerprint density at radius 2 is 1.97 bits per heavy atom. The highest BCUT2D eigenvalue weighted by molar-refractivity contribution is 5.93. The summed E-state index contributed by atoms with van der Waals surface area (Å²) in [5.74, 6) is 1.71. The SMILES string of the molecule is NCCOc1ccc(/C=C/C(=O)N2CCc3c([nH]c4ccccc34)[C@H]2c2ccc3c(c2)CCO3)cc1. The van der Waals surface area contributed by atoms with E-state index < -0.39 is 0 Å². The molecule has 4 aromatic rings. The van der Waals surface area contributed by atoms with Crippen molar-refractivity contribution in [2.24, 2.45) is 5.73 Å². The number of aromatic nitrogens is 1. The first kappa shape index (κ1) is 22.4. The second-order valence-electron chi connectivity index (χ2n) is 9.25. The third-order valence-corrected chi connectivity index (χ3v) is 7.03. The molecular formula is C30H29N3O3. The number of amides is 1. The largest absolute Gasteiger partial charge is 0.493 e. The van der Waals surface area contributed by atoms with E-state index >= 15 is 0 Å². The highest BCUT2D eigenvalue weighted by atomic mass is 16.5. The number of hydrogen-bond donors (Lipinski definition) is 2. The van der Waals surface area contributed by atoms with Crippen LogP contribution in [0.1, 0.15) is 34.0 Å². The van der Waals surface area contributed by atoms with E-state index in [1.54, 1.807) is 6.08 Å². The highest BCUT2D eigenvalue weighted by Gasteiger charge is 2.34. The first-order valence-electron chi connectivity index (χ1n) is 12.5. The van der Waals surface area contributed by atoms with Crippen LogP contribution < -0.4 is 15.2 Å². The topological polar surface area (TPSA) is 80.6 Å². The van der Waals surface area contributed by atoms with Gasteiger partial charge in [-0.15, -0.1) is 0 Å². The third kappa shape index (κ3) is 4.14. The van der Waals surface area contributed by atoms with Crippen molar-refractivity contribution in [1.82, 2.24) is 9.88 Å². The van der Waals surface area contributed by atoms with Crippen molar-refractivity contribution in [3.8, 4) is 11.5 Å². The number of hydrogen-bond acceptors (Lipinski definition) is 4. The van der Waals surface area contributed by atoms with Crippen LogP contribution in [0.25, 0.3) is 17.0 Å². The Morgan fingerprint density at radius 3 is 2.83 bits per heavy atom. The Kier molecular flexibility index (Phi) is 5.95. The number of carbonyl (C=O) groups excluding carboxylic acids is 1. The lowest BCUT2D eigenvalue weighted by Crippen LogP contribution is -2.39. The molecule has 0 radical (unpaired) electrons. The number of nitrogens with two attached hydrogens (primary N) is 1. The monoisotopic (exact) mass is 479 g/mol. The summed E-state index contributed by atoms with van der Waals surface area (Å²) in [6.45, 7) is 2.32. The van der Waals surface area contributed by atoms with Crippen molar-refractivity contribution < 1.29 is 14.3 Å². The molecule has 3 aromatic carbocycles. The number of benzene rings is 3. The number of ether oxygens (including phenoxy) is 2. The van der Waals surface area contributed by atoms with Crippen LogP contribution in [0.5, 0.6) is 11.5 Å². The first-order valence-corrected chi connectivity index (χ1v) is 12.5. The van der Waals surface area contributed by atoms with Gasteiger partial charge in [-0.25, -0.2) is 0 Å².